The molecular formula is C16H25N5. The van der Waals surface area contributed by atoms with Crippen LogP contribution in [0, 0.1) is 17.2 Å². The third-order valence-electron chi connectivity index (χ3n) is 4.50. The smallest absolute Gasteiger partial charge is 0.167 e. The molecule has 0 aromatic carbocycles. The second-order valence-corrected chi connectivity index (χ2v) is 5.70. The number of aromatic nitrogens is 2. The molecule has 1 aromatic heterocycles. The number of nitriles is 1. The van der Waals surface area contributed by atoms with E-state index in [9.17, 15) is 5.26 Å². The Balaban J connectivity index is 2.28. The molecule has 1 heterocycles. The molecule has 1 fully saturated rings. The van der Waals surface area contributed by atoms with Crippen LogP contribution in [0.2, 0.25) is 0 Å². The van der Waals surface area contributed by atoms with Crippen molar-refractivity contribution in [1.29, 1.82) is 5.26 Å². The summed E-state index contributed by atoms with van der Waals surface area (Å²) in [6, 6.07) is 2.49. The van der Waals surface area contributed by atoms with Crippen LogP contribution in [0.5, 0.6) is 0 Å². The highest BCUT2D eigenvalue weighted by atomic mass is 15.2. The van der Waals surface area contributed by atoms with E-state index in [0.29, 0.717) is 23.8 Å². The van der Waals surface area contributed by atoms with Gasteiger partial charge in [0.2, 0.25) is 0 Å². The number of rotatable bonds is 6. The lowest BCUT2D eigenvalue weighted by atomic mass is 9.97. The van der Waals surface area contributed by atoms with Gasteiger partial charge in [-0.2, -0.15) is 10.4 Å². The van der Waals surface area contributed by atoms with E-state index in [4.69, 9.17) is 5.73 Å². The van der Waals surface area contributed by atoms with Gasteiger partial charge < -0.3 is 11.1 Å². The number of hydrogen-bond donors (Lipinski definition) is 2. The third-order valence-corrected chi connectivity index (χ3v) is 4.50. The fourth-order valence-corrected chi connectivity index (χ4v) is 3.30. The summed E-state index contributed by atoms with van der Waals surface area (Å²) in [4.78, 5) is 0. The van der Waals surface area contributed by atoms with Gasteiger partial charge in [0.1, 0.15) is 11.6 Å². The Bertz CT molecular complexity index is 514. The Hall–Kier alpha value is -1.67. The van der Waals surface area contributed by atoms with Gasteiger partial charge in [0, 0.05) is 12.6 Å². The van der Waals surface area contributed by atoms with Crippen LogP contribution in [0.15, 0.2) is 0 Å². The molecule has 1 unspecified atom stereocenters. The van der Waals surface area contributed by atoms with Crippen molar-refractivity contribution in [2.75, 3.05) is 11.9 Å². The number of hydrogen-bond acceptors (Lipinski definition) is 5. The van der Waals surface area contributed by atoms with Crippen molar-refractivity contribution in [3.05, 3.63) is 16.8 Å². The number of aryl methyl sites for hydroxylation is 1. The molecular weight excluding hydrogens is 262 g/mol. The zero-order valence-electron chi connectivity index (χ0n) is 13.0. The van der Waals surface area contributed by atoms with Gasteiger partial charge in [0.05, 0.1) is 5.69 Å². The Kier molecular flexibility index (Phi) is 5.51. The van der Waals surface area contributed by atoms with Crippen LogP contribution in [-0.2, 0) is 12.8 Å². The van der Waals surface area contributed by atoms with E-state index in [1.165, 1.54) is 25.7 Å². The van der Waals surface area contributed by atoms with Crippen LogP contribution < -0.4 is 11.1 Å². The lowest BCUT2D eigenvalue weighted by Crippen LogP contribution is -2.36. The van der Waals surface area contributed by atoms with Gasteiger partial charge in [-0.1, -0.05) is 26.7 Å². The summed E-state index contributed by atoms with van der Waals surface area (Å²) < 4.78 is 0. The van der Waals surface area contributed by atoms with Gasteiger partial charge in [0.15, 0.2) is 5.82 Å². The van der Waals surface area contributed by atoms with E-state index < -0.39 is 0 Å². The quantitative estimate of drug-likeness (QED) is 0.839. The first-order chi connectivity index (χ1) is 10.2. The molecule has 1 aliphatic rings. The molecule has 114 valence electrons. The maximum atomic E-state index is 9.51. The van der Waals surface area contributed by atoms with Crippen molar-refractivity contribution in [3.8, 4) is 6.07 Å². The fraction of sp³-hybridized carbons (Fsp3) is 0.688. The Morgan fingerprint density at radius 1 is 1.29 bits per heavy atom. The molecule has 3 N–H and O–H groups in total. The standard InChI is InChI=1S/C16H25N5/c1-3-12-13(9-17)16(21-20-14(12)4-2)19-15(10-18)11-7-5-6-8-11/h11,15H,3-8,10,18H2,1-2H3,(H,19,21). The molecule has 0 amide bonds. The van der Waals surface area contributed by atoms with Gasteiger partial charge >= 0.3 is 0 Å². The molecule has 5 heteroatoms. The van der Waals surface area contributed by atoms with E-state index >= 15 is 0 Å². The minimum Gasteiger partial charge on any atom is -0.363 e. The molecule has 1 aliphatic carbocycles. The molecule has 0 bridgehead atoms. The minimum absolute atomic E-state index is 0.186. The van der Waals surface area contributed by atoms with Crippen LogP contribution in [0.3, 0.4) is 0 Å². The second-order valence-electron chi connectivity index (χ2n) is 5.70. The molecule has 5 nitrogen and oxygen atoms in total. The van der Waals surface area contributed by atoms with E-state index in [-0.39, 0.29) is 6.04 Å². The number of nitrogens with one attached hydrogen (secondary N) is 1. The molecule has 0 radical (unpaired) electrons. The lowest BCUT2D eigenvalue weighted by Gasteiger charge is -2.24. The van der Waals surface area contributed by atoms with Crippen LogP contribution in [0.25, 0.3) is 0 Å². The van der Waals surface area contributed by atoms with Gasteiger partial charge in [-0.15, -0.1) is 5.10 Å². The summed E-state index contributed by atoms with van der Waals surface area (Å²) in [5, 5.41) is 21.4. The van der Waals surface area contributed by atoms with Crippen molar-refractivity contribution in [2.24, 2.45) is 11.7 Å². The average molecular weight is 287 g/mol. The molecule has 1 atom stereocenters. The normalized spacial score (nSPS) is 16.7. The highest BCUT2D eigenvalue weighted by molar-refractivity contribution is 5.57. The molecule has 21 heavy (non-hydrogen) atoms. The lowest BCUT2D eigenvalue weighted by molar-refractivity contribution is 0.460. The zero-order valence-corrected chi connectivity index (χ0v) is 13.0. The van der Waals surface area contributed by atoms with Crippen molar-refractivity contribution in [2.45, 2.75) is 58.4 Å². The summed E-state index contributed by atoms with van der Waals surface area (Å²) in [7, 11) is 0. The first-order valence-corrected chi connectivity index (χ1v) is 8.00. The Morgan fingerprint density at radius 3 is 2.52 bits per heavy atom. The van der Waals surface area contributed by atoms with Crippen molar-refractivity contribution in [3.63, 3.8) is 0 Å². The van der Waals surface area contributed by atoms with E-state index in [1.54, 1.807) is 0 Å². The highest BCUT2D eigenvalue weighted by Crippen LogP contribution is 2.30. The van der Waals surface area contributed by atoms with Gasteiger partial charge in [0.25, 0.3) is 0 Å². The predicted octanol–water partition coefficient (Wildman–Crippen LogP) is 2.40. The summed E-state index contributed by atoms with van der Waals surface area (Å²) in [5.74, 6) is 1.19. The molecule has 1 aromatic rings. The summed E-state index contributed by atoms with van der Waals surface area (Å²) in [6.45, 7) is 4.66. The maximum Gasteiger partial charge on any atom is 0.167 e. The highest BCUT2D eigenvalue weighted by Gasteiger charge is 2.25. The van der Waals surface area contributed by atoms with Crippen molar-refractivity contribution in [1.82, 2.24) is 10.2 Å². The van der Waals surface area contributed by atoms with Crippen molar-refractivity contribution < 1.29 is 0 Å². The van der Waals surface area contributed by atoms with Gasteiger partial charge in [-0.3, -0.25) is 0 Å². The van der Waals surface area contributed by atoms with Crippen LogP contribution in [-0.4, -0.2) is 22.8 Å². The SMILES string of the molecule is CCc1nnc(NC(CN)C2CCCC2)c(C#N)c1CC. The predicted molar refractivity (Wildman–Crippen MR) is 83.9 cm³/mol. The van der Waals surface area contributed by atoms with Crippen LogP contribution >= 0.6 is 0 Å². The van der Waals surface area contributed by atoms with Crippen LogP contribution in [0.4, 0.5) is 5.82 Å². The van der Waals surface area contributed by atoms with E-state index in [0.717, 1.165) is 24.1 Å². The topological polar surface area (TPSA) is 87.6 Å². The largest absolute Gasteiger partial charge is 0.363 e. The fourth-order valence-electron chi connectivity index (χ4n) is 3.30. The zero-order chi connectivity index (χ0) is 15.2. The summed E-state index contributed by atoms with van der Waals surface area (Å²) in [5.41, 5.74) is 8.50. The first kappa shape index (κ1) is 15.7. The number of nitrogens with zero attached hydrogens (tertiary/aromatic N) is 3. The van der Waals surface area contributed by atoms with Gasteiger partial charge in [-0.25, -0.2) is 0 Å². The summed E-state index contributed by atoms with van der Waals surface area (Å²) >= 11 is 0. The minimum atomic E-state index is 0.186. The van der Waals surface area contributed by atoms with Crippen molar-refractivity contribution >= 4 is 5.82 Å². The third kappa shape index (κ3) is 3.33. The Labute approximate surface area is 126 Å². The first-order valence-electron chi connectivity index (χ1n) is 8.00. The number of anilines is 1. The maximum absolute atomic E-state index is 9.51. The van der Waals surface area contributed by atoms with E-state index in [1.807, 2.05) is 6.92 Å². The van der Waals surface area contributed by atoms with Gasteiger partial charge in [-0.05, 0) is 37.2 Å². The Morgan fingerprint density at radius 2 is 2.00 bits per heavy atom. The molecule has 0 aliphatic heterocycles. The second kappa shape index (κ2) is 7.37. The molecule has 0 saturated heterocycles. The molecule has 1 saturated carbocycles. The van der Waals surface area contributed by atoms with Crippen LogP contribution in [0.1, 0.15) is 56.4 Å². The number of nitrogens with two attached hydrogens (primary N) is 1. The van der Waals surface area contributed by atoms with E-state index in [2.05, 4.69) is 28.5 Å². The molecule has 2 rings (SSSR count). The molecule has 0 spiro atoms. The monoisotopic (exact) mass is 287 g/mol. The average Bonchev–Trinajstić information content (AvgIpc) is 3.05. The summed E-state index contributed by atoms with van der Waals surface area (Å²) in [6.07, 6.45) is 6.56.